The Bertz CT molecular complexity index is 832. The van der Waals surface area contributed by atoms with Crippen molar-refractivity contribution in [1.82, 2.24) is 4.31 Å². The maximum atomic E-state index is 12.9. The molecule has 0 aromatic heterocycles. The summed E-state index contributed by atoms with van der Waals surface area (Å²) >= 11 is 0. The average Bonchev–Trinajstić information content (AvgIpc) is 2.58. The Balaban J connectivity index is 2.13. The molecule has 2 aromatic rings. The van der Waals surface area contributed by atoms with Gasteiger partial charge in [0.2, 0.25) is 15.9 Å². The summed E-state index contributed by atoms with van der Waals surface area (Å²) in [5.41, 5.74) is 1.08. The first kappa shape index (κ1) is 19.1. The summed E-state index contributed by atoms with van der Waals surface area (Å²) in [6.07, 6.45) is 0.0767. The third-order valence-corrected chi connectivity index (χ3v) is 5.78. The van der Waals surface area contributed by atoms with Crippen molar-refractivity contribution in [2.45, 2.75) is 25.2 Å². The number of nitrogens with zero attached hydrogens (tertiary/aromatic N) is 1. The van der Waals surface area contributed by atoms with Crippen LogP contribution >= 0.6 is 0 Å². The molecule has 0 heterocycles. The second-order valence-corrected chi connectivity index (χ2v) is 7.41. The van der Waals surface area contributed by atoms with Gasteiger partial charge < -0.3 is 5.32 Å². The molecule has 0 aliphatic rings. The lowest BCUT2D eigenvalue weighted by Crippen LogP contribution is -2.30. The SMILES string of the molecule is CCN(CC)S(=O)(=O)c1cccc(NC(=O)Cc2ccc(F)cc2)c1. The molecule has 2 aromatic carbocycles. The van der Waals surface area contributed by atoms with Crippen molar-refractivity contribution in [1.29, 1.82) is 0 Å². The van der Waals surface area contributed by atoms with Gasteiger partial charge in [0.25, 0.3) is 0 Å². The lowest BCUT2D eigenvalue weighted by Gasteiger charge is -2.18. The molecular formula is C18H21FN2O3S. The Morgan fingerprint density at radius 1 is 1.08 bits per heavy atom. The minimum absolute atomic E-state index is 0.0767. The van der Waals surface area contributed by atoms with E-state index in [1.54, 1.807) is 26.0 Å². The van der Waals surface area contributed by atoms with Crippen LogP contribution < -0.4 is 5.32 Å². The summed E-state index contributed by atoms with van der Waals surface area (Å²) in [7, 11) is -3.58. The van der Waals surface area contributed by atoms with E-state index in [0.717, 1.165) is 0 Å². The number of carbonyl (C=O) groups is 1. The van der Waals surface area contributed by atoms with E-state index in [1.807, 2.05) is 0 Å². The topological polar surface area (TPSA) is 66.5 Å². The van der Waals surface area contributed by atoms with Gasteiger partial charge in [0, 0.05) is 18.8 Å². The van der Waals surface area contributed by atoms with Crippen LogP contribution in [0.25, 0.3) is 0 Å². The van der Waals surface area contributed by atoms with Crippen molar-refractivity contribution in [3.8, 4) is 0 Å². The van der Waals surface area contributed by atoms with Crippen LogP contribution in [-0.4, -0.2) is 31.7 Å². The molecule has 0 saturated heterocycles. The Kier molecular flexibility index (Phi) is 6.27. The van der Waals surface area contributed by atoms with Crippen molar-refractivity contribution in [3.63, 3.8) is 0 Å². The molecule has 1 N–H and O–H groups in total. The van der Waals surface area contributed by atoms with Gasteiger partial charge in [-0.2, -0.15) is 4.31 Å². The third kappa shape index (κ3) is 4.87. The molecule has 0 unspecified atom stereocenters. The van der Waals surface area contributed by atoms with Crippen molar-refractivity contribution in [2.24, 2.45) is 0 Å². The number of carbonyl (C=O) groups excluding carboxylic acids is 1. The minimum atomic E-state index is -3.58. The second kappa shape index (κ2) is 8.22. The van der Waals surface area contributed by atoms with Crippen LogP contribution in [0.5, 0.6) is 0 Å². The largest absolute Gasteiger partial charge is 0.326 e. The second-order valence-electron chi connectivity index (χ2n) is 5.47. The number of nitrogens with one attached hydrogen (secondary N) is 1. The summed E-state index contributed by atoms with van der Waals surface area (Å²) in [5.74, 6) is -0.664. The fourth-order valence-corrected chi connectivity index (χ4v) is 3.94. The quantitative estimate of drug-likeness (QED) is 0.821. The number of hydrogen-bond donors (Lipinski definition) is 1. The maximum Gasteiger partial charge on any atom is 0.243 e. The Labute approximate surface area is 147 Å². The fraction of sp³-hybridized carbons (Fsp3) is 0.278. The number of amides is 1. The molecule has 0 aliphatic heterocycles. The molecule has 0 radical (unpaired) electrons. The zero-order valence-electron chi connectivity index (χ0n) is 14.2. The highest BCUT2D eigenvalue weighted by Crippen LogP contribution is 2.19. The molecule has 0 bridgehead atoms. The van der Waals surface area contributed by atoms with E-state index in [-0.39, 0.29) is 23.0 Å². The summed E-state index contributed by atoms with van der Waals surface area (Å²) < 4.78 is 39.3. The first-order chi connectivity index (χ1) is 11.9. The summed E-state index contributed by atoms with van der Waals surface area (Å²) in [6.45, 7) is 4.30. The highest BCUT2D eigenvalue weighted by molar-refractivity contribution is 7.89. The van der Waals surface area contributed by atoms with Gasteiger partial charge in [-0.1, -0.05) is 32.0 Å². The first-order valence-electron chi connectivity index (χ1n) is 8.01. The van der Waals surface area contributed by atoms with E-state index < -0.39 is 10.0 Å². The highest BCUT2D eigenvalue weighted by Gasteiger charge is 2.21. The number of benzene rings is 2. The van der Waals surface area contributed by atoms with Crippen LogP contribution in [0.2, 0.25) is 0 Å². The Hall–Kier alpha value is -2.25. The molecular weight excluding hydrogens is 343 g/mol. The molecule has 1 amide bonds. The highest BCUT2D eigenvalue weighted by atomic mass is 32.2. The Morgan fingerprint density at radius 3 is 2.32 bits per heavy atom. The van der Waals surface area contributed by atoms with Gasteiger partial charge in [0.05, 0.1) is 11.3 Å². The molecule has 2 rings (SSSR count). The molecule has 7 heteroatoms. The van der Waals surface area contributed by atoms with Gasteiger partial charge >= 0.3 is 0 Å². The lowest BCUT2D eigenvalue weighted by molar-refractivity contribution is -0.115. The van der Waals surface area contributed by atoms with Crippen LogP contribution in [0.3, 0.4) is 0 Å². The first-order valence-corrected chi connectivity index (χ1v) is 9.45. The maximum absolute atomic E-state index is 12.9. The van der Waals surface area contributed by atoms with Gasteiger partial charge in [0.1, 0.15) is 5.82 Å². The zero-order valence-corrected chi connectivity index (χ0v) is 15.0. The molecule has 0 fully saturated rings. The monoisotopic (exact) mass is 364 g/mol. The number of sulfonamides is 1. The van der Waals surface area contributed by atoms with E-state index >= 15 is 0 Å². The minimum Gasteiger partial charge on any atom is -0.326 e. The van der Waals surface area contributed by atoms with Crippen molar-refractivity contribution in [3.05, 3.63) is 59.9 Å². The van der Waals surface area contributed by atoms with Crippen LogP contribution in [0, 0.1) is 5.82 Å². The molecule has 25 heavy (non-hydrogen) atoms. The Morgan fingerprint density at radius 2 is 1.72 bits per heavy atom. The van der Waals surface area contributed by atoms with E-state index in [2.05, 4.69) is 5.32 Å². The van der Waals surface area contributed by atoms with Crippen LogP contribution in [-0.2, 0) is 21.2 Å². The van der Waals surface area contributed by atoms with E-state index in [9.17, 15) is 17.6 Å². The van der Waals surface area contributed by atoms with E-state index in [0.29, 0.717) is 24.3 Å². The van der Waals surface area contributed by atoms with Crippen molar-refractivity contribution < 1.29 is 17.6 Å². The molecule has 0 atom stereocenters. The predicted octanol–water partition coefficient (Wildman–Crippen LogP) is 3.04. The van der Waals surface area contributed by atoms with E-state index in [1.165, 1.54) is 40.7 Å². The normalized spacial score (nSPS) is 11.5. The number of halogens is 1. The lowest BCUT2D eigenvalue weighted by atomic mass is 10.1. The molecule has 0 spiro atoms. The van der Waals surface area contributed by atoms with Gasteiger partial charge in [-0.15, -0.1) is 0 Å². The average molecular weight is 364 g/mol. The fourth-order valence-electron chi connectivity index (χ4n) is 2.44. The van der Waals surface area contributed by atoms with Crippen LogP contribution in [0.4, 0.5) is 10.1 Å². The smallest absolute Gasteiger partial charge is 0.243 e. The zero-order chi connectivity index (χ0) is 18.4. The number of anilines is 1. The van der Waals surface area contributed by atoms with Crippen LogP contribution in [0.1, 0.15) is 19.4 Å². The molecule has 0 aliphatic carbocycles. The summed E-state index contributed by atoms with van der Waals surface area (Å²) in [6, 6.07) is 11.8. The molecule has 5 nitrogen and oxygen atoms in total. The molecule has 134 valence electrons. The van der Waals surface area contributed by atoms with E-state index in [4.69, 9.17) is 0 Å². The third-order valence-electron chi connectivity index (χ3n) is 3.74. The number of hydrogen-bond acceptors (Lipinski definition) is 3. The number of rotatable bonds is 7. The van der Waals surface area contributed by atoms with Crippen molar-refractivity contribution >= 4 is 21.6 Å². The van der Waals surface area contributed by atoms with Crippen molar-refractivity contribution in [2.75, 3.05) is 18.4 Å². The predicted molar refractivity (Wildman–Crippen MR) is 95.3 cm³/mol. The summed E-state index contributed by atoms with van der Waals surface area (Å²) in [4.78, 5) is 12.2. The van der Waals surface area contributed by atoms with Crippen LogP contribution in [0.15, 0.2) is 53.4 Å². The summed E-state index contributed by atoms with van der Waals surface area (Å²) in [5, 5.41) is 2.68. The van der Waals surface area contributed by atoms with Gasteiger partial charge in [-0.05, 0) is 35.9 Å². The van der Waals surface area contributed by atoms with Gasteiger partial charge in [-0.3, -0.25) is 4.79 Å². The van der Waals surface area contributed by atoms with Gasteiger partial charge in [-0.25, -0.2) is 12.8 Å². The molecule has 0 saturated carbocycles. The standard InChI is InChI=1S/C18H21FN2O3S/c1-3-21(4-2)25(23,24)17-7-5-6-16(13-17)20-18(22)12-14-8-10-15(19)11-9-14/h5-11,13H,3-4,12H2,1-2H3,(H,20,22). The van der Waals surface area contributed by atoms with Gasteiger partial charge in [0.15, 0.2) is 0 Å².